The number of aromatic amines is 1. The lowest BCUT2D eigenvalue weighted by atomic mass is 10.0. The molecule has 7 nitrogen and oxygen atoms in total. The molecule has 27 heavy (non-hydrogen) atoms. The molecule has 3 N–H and O–H groups in total. The smallest absolute Gasteiger partial charge is 0.277 e. The molecule has 0 fully saturated rings. The van der Waals surface area contributed by atoms with Crippen LogP contribution in [0.4, 0.5) is 4.39 Å². The van der Waals surface area contributed by atoms with Gasteiger partial charge >= 0.3 is 0 Å². The average molecular weight is 413 g/mol. The molecule has 0 aliphatic rings. The minimum absolute atomic E-state index is 0. The molecule has 2 aromatic heterocycles. The monoisotopic (exact) mass is 412 g/mol. The summed E-state index contributed by atoms with van der Waals surface area (Å²) >= 11 is 0. The molecule has 0 aliphatic heterocycles. The molecule has 0 saturated carbocycles. The highest BCUT2D eigenvalue weighted by Crippen LogP contribution is 2.29. The van der Waals surface area contributed by atoms with Crippen molar-refractivity contribution in [2.45, 2.75) is 13.5 Å². The van der Waals surface area contributed by atoms with Crippen molar-refractivity contribution in [3.8, 4) is 11.1 Å². The fourth-order valence-corrected chi connectivity index (χ4v) is 3.44. The molecule has 0 amide bonds. The molecule has 0 saturated heterocycles. The number of pyridine rings is 2. The van der Waals surface area contributed by atoms with Crippen LogP contribution >= 0.6 is 12.4 Å². The summed E-state index contributed by atoms with van der Waals surface area (Å²) in [4.78, 5) is 18.1. The van der Waals surface area contributed by atoms with Crippen molar-refractivity contribution >= 4 is 33.6 Å². The molecule has 10 heteroatoms. The summed E-state index contributed by atoms with van der Waals surface area (Å²) in [5, 5.41) is 5.75. The van der Waals surface area contributed by atoms with Crippen LogP contribution in [0.25, 0.3) is 22.2 Å². The Balaban J connectivity index is 0.00000261. The topological polar surface area (TPSA) is 109 Å². The highest BCUT2D eigenvalue weighted by atomic mass is 35.5. The summed E-state index contributed by atoms with van der Waals surface area (Å²) in [6.07, 6.45) is 1.49. The van der Waals surface area contributed by atoms with E-state index < -0.39 is 16.0 Å². The predicted molar refractivity (Wildman–Crippen MR) is 104 cm³/mol. The van der Waals surface area contributed by atoms with Crippen LogP contribution in [0.3, 0.4) is 0 Å². The number of hydrogen-bond acceptors (Lipinski definition) is 4. The maximum absolute atomic E-state index is 14.7. The zero-order chi connectivity index (χ0) is 18.9. The maximum Gasteiger partial charge on any atom is 0.277 e. The number of nitrogens with zero attached hydrogens (tertiary/aromatic N) is 2. The van der Waals surface area contributed by atoms with Crippen LogP contribution < -0.4 is 10.7 Å². The lowest BCUT2D eigenvalue weighted by Gasteiger charge is -2.17. The lowest BCUT2D eigenvalue weighted by molar-refractivity contribution is 0.423. The van der Waals surface area contributed by atoms with Crippen molar-refractivity contribution in [2.24, 2.45) is 5.14 Å². The Morgan fingerprint density at radius 2 is 1.93 bits per heavy atom. The van der Waals surface area contributed by atoms with E-state index in [-0.39, 0.29) is 31.1 Å². The number of nitrogens with one attached hydrogen (secondary N) is 1. The number of H-pyrrole nitrogens is 1. The highest BCUT2D eigenvalue weighted by molar-refractivity contribution is 7.86. The van der Waals surface area contributed by atoms with E-state index in [9.17, 15) is 17.6 Å². The Hall–Kier alpha value is -2.33. The van der Waals surface area contributed by atoms with Gasteiger partial charge in [-0.3, -0.25) is 4.79 Å². The van der Waals surface area contributed by atoms with Gasteiger partial charge in [-0.2, -0.15) is 12.7 Å². The van der Waals surface area contributed by atoms with Gasteiger partial charge in [-0.05, 0) is 29.3 Å². The van der Waals surface area contributed by atoms with Crippen molar-refractivity contribution < 1.29 is 12.8 Å². The molecule has 0 unspecified atom stereocenters. The van der Waals surface area contributed by atoms with Crippen molar-refractivity contribution in [3.05, 3.63) is 64.3 Å². The highest BCUT2D eigenvalue weighted by Gasteiger charge is 2.17. The van der Waals surface area contributed by atoms with Gasteiger partial charge in [0.05, 0.1) is 0 Å². The zero-order valence-corrected chi connectivity index (χ0v) is 16.0. The third kappa shape index (κ3) is 4.51. The number of hydrogen-bond donors (Lipinski definition) is 2. The molecular formula is C17H18ClFN4O3S. The Labute approximate surface area is 161 Å². The standard InChI is InChI=1S/C17H17FN4O3S.ClH/c1-2-22(26(19,24)25)10-11-3-4-13(15(18)9-11)12-7-8-20-17-14(12)5-6-16(23)21-17;/h3-9H,2,10H2,1H3,(H2,19,24,25)(H,20,21,23);1H. The van der Waals surface area contributed by atoms with Gasteiger partial charge in [0.25, 0.3) is 10.2 Å². The number of fused-ring (bicyclic) bond motifs is 1. The van der Waals surface area contributed by atoms with E-state index in [1.54, 1.807) is 31.2 Å². The molecule has 0 radical (unpaired) electrons. The van der Waals surface area contributed by atoms with E-state index in [0.29, 0.717) is 27.7 Å². The first-order valence-corrected chi connectivity index (χ1v) is 9.34. The van der Waals surface area contributed by atoms with Crippen molar-refractivity contribution in [3.63, 3.8) is 0 Å². The van der Waals surface area contributed by atoms with E-state index >= 15 is 0 Å². The molecular weight excluding hydrogens is 395 g/mol. The Morgan fingerprint density at radius 1 is 1.19 bits per heavy atom. The first kappa shape index (κ1) is 21.0. The minimum Gasteiger partial charge on any atom is -0.307 e. The fraction of sp³-hybridized carbons (Fsp3) is 0.176. The van der Waals surface area contributed by atoms with E-state index in [0.717, 1.165) is 4.31 Å². The quantitative estimate of drug-likeness (QED) is 0.669. The second-order valence-corrected chi connectivity index (χ2v) is 7.28. The molecule has 0 bridgehead atoms. The SMILES string of the molecule is CCN(Cc1ccc(-c2ccnc3[nH]c(=O)ccc23)c(F)c1)S(N)(=O)=O.Cl. The summed E-state index contributed by atoms with van der Waals surface area (Å²) < 4.78 is 38.7. The Kier molecular flexibility index (Phi) is 6.32. The molecule has 0 atom stereocenters. The summed E-state index contributed by atoms with van der Waals surface area (Å²) in [5.74, 6) is -0.508. The number of aromatic nitrogens is 2. The molecule has 0 aliphatic carbocycles. The Morgan fingerprint density at radius 3 is 2.56 bits per heavy atom. The molecule has 3 aromatic rings. The summed E-state index contributed by atoms with van der Waals surface area (Å²) in [6.45, 7) is 1.82. The van der Waals surface area contributed by atoms with Gasteiger partial charge in [0, 0.05) is 36.3 Å². The number of benzene rings is 1. The van der Waals surface area contributed by atoms with Crippen LogP contribution in [0.15, 0.2) is 47.4 Å². The van der Waals surface area contributed by atoms with Gasteiger partial charge in [0.15, 0.2) is 0 Å². The predicted octanol–water partition coefficient (Wildman–Crippen LogP) is 2.18. The number of halogens is 2. The third-order valence-corrected chi connectivity index (χ3v) is 5.14. The van der Waals surface area contributed by atoms with E-state index in [4.69, 9.17) is 5.14 Å². The molecule has 3 rings (SSSR count). The maximum atomic E-state index is 14.7. The average Bonchev–Trinajstić information content (AvgIpc) is 2.58. The minimum atomic E-state index is -3.85. The number of nitrogens with two attached hydrogens (primary N) is 1. The van der Waals surface area contributed by atoms with E-state index in [1.165, 1.54) is 18.3 Å². The fourth-order valence-electron chi connectivity index (χ4n) is 2.75. The van der Waals surface area contributed by atoms with Crippen LogP contribution in [-0.4, -0.2) is 29.2 Å². The summed E-state index contributed by atoms with van der Waals surface area (Å²) in [5.41, 5.74) is 1.46. The van der Waals surface area contributed by atoms with Gasteiger partial charge < -0.3 is 4.98 Å². The first-order valence-electron chi connectivity index (χ1n) is 7.84. The largest absolute Gasteiger partial charge is 0.307 e. The number of rotatable bonds is 5. The van der Waals surface area contributed by atoms with Gasteiger partial charge in [0.1, 0.15) is 11.5 Å². The van der Waals surface area contributed by atoms with Crippen molar-refractivity contribution in [1.29, 1.82) is 0 Å². The van der Waals surface area contributed by atoms with Crippen LogP contribution in [0.1, 0.15) is 12.5 Å². The lowest BCUT2D eigenvalue weighted by Crippen LogP contribution is -2.35. The van der Waals surface area contributed by atoms with Crippen LogP contribution in [0.5, 0.6) is 0 Å². The summed E-state index contributed by atoms with van der Waals surface area (Å²) in [7, 11) is -3.85. The van der Waals surface area contributed by atoms with Gasteiger partial charge in [-0.25, -0.2) is 14.5 Å². The first-order chi connectivity index (χ1) is 12.3. The van der Waals surface area contributed by atoms with Crippen LogP contribution in [-0.2, 0) is 16.8 Å². The normalized spacial score (nSPS) is 11.6. The Bertz CT molecular complexity index is 1130. The molecule has 0 spiro atoms. The molecule has 2 heterocycles. The van der Waals surface area contributed by atoms with Gasteiger partial charge in [-0.1, -0.05) is 19.1 Å². The van der Waals surface area contributed by atoms with Crippen LogP contribution in [0, 0.1) is 5.82 Å². The zero-order valence-electron chi connectivity index (χ0n) is 14.3. The molecule has 1 aromatic carbocycles. The van der Waals surface area contributed by atoms with Crippen LogP contribution in [0.2, 0.25) is 0 Å². The van der Waals surface area contributed by atoms with Gasteiger partial charge in [-0.15, -0.1) is 12.4 Å². The van der Waals surface area contributed by atoms with Crippen molar-refractivity contribution in [2.75, 3.05) is 6.54 Å². The van der Waals surface area contributed by atoms with E-state index in [1.807, 2.05) is 0 Å². The third-order valence-electron chi connectivity index (χ3n) is 4.03. The van der Waals surface area contributed by atoms with E-state index in [2.05, 4.69) is 9.97 Å². The van der Waals surface area contributed by atoms with Gasteiger partial charge in [0.2, 0.25) is 5.56 Å². The molecule has 144 valence electrons. The van der Waals surface area contributed by atoms with Crippen molar-refractivity contribution in [1.82, 2.24) is 14.3 Å². The second-order valence-electron chi connectivity index (χ2n) is 5.73. The summed E-state index contributed by atoms with van der Waals surface area (Å²) in [6, 6.07) is 9.09. The second kappa shape index (κ2) is 8.13.